The first kappa shape index (κ1) is 14.8. The largest absolute Gasteiger partial charge is 0.0835 e. The van der Waals surface area contributed by atoms with Gasteiger partial charge >= 0.3 is 0 Å². The third kappa shape index (κ3) is 3.22. The zero-order chi connectivity index (χ0) is 14.8. The van der Waals surface area contributed by atoms with Crippen LogP contribution in [0.2, 0.25) is 0 Å². The van der Waals surface area contributed by atoms with Crippen molar-refractivity contribution < 1.29 is 0 Å². The fourth-order valence-corrected chi connectivity index (χ4v) is 4.10. The average molecular weight is 404 g/mol. The molecule has 0 aliphatic rings. The highest BCUT2D eigenvalue weighted by atomic mass is 79.9. The van der Waals surface area contributed by atoms with E-state index in [9.17, 15) is 0 Å². The summed E-state index contributed by atoms with van der Waals surface area (Å²) in [6.07, 6.45) is 0.990. The summed E-state index contributed by atoms with van der Waals surface area (Å²) in [5.41, 5.74) is 4.05. The van der Waals surface area contributed by atoms with Gasteiger partial charge in [-0.15, -0.1) is 0 Å². The van der Waals surface area contributed by atoms with Gasteiger partial charge in [-0.2, -0.15) is 0 Å². The van der Waals surface area contributed by atoms with Crippen LogP contribution in [-0.2, 0) is 6.42 Å². The Morgan fingerprint density at radius 3 is 2.52 bits per heavy atom. The monoisotopic (exact) mass is 402 g/mol. The van der Waals surface area contributed by atoms with E-state index in [-0.39, 0.29) is 0 Å². The molecule has 21 heavy (non-hydrogen) atoms. The fourth-order valence-electron chi connectivity index (χ4n) is 2.76. The van der Waals surface area contributed by atoms with E-state index >= 15 is 0 Å². The van der Waals surface area contributed by atoms with Gasteiger partial charge in [-0.05, 0) is 52.9 Å². The van der Waals surface area contributed by atoms with Crippen molar-refractivity contribution in [2.75, 3.05) is 0 Å². The normalized spacial score (nSPS) is 12.5. The molecule has 0 aromatic heterocycles. The van der Waals surface area contributed by atoms with Gasteiger partial charge in [-0.25, -0.2) is 0 Å². The van der Waals surface area contributed by atoms with E-state index in [1.54, 1.807) is 0 Å². The summed E-state index contributed by atoms with van der Waals surface area (Å²) in [6.45, 7) is 2.16. The minimum Gasteiger partial charge on any atom is -0.0835 e. The van der Waals surface area contributed by atoms with Crippen LogP contribution in [0.5, 0.6) is 0 Å². The molecule has 0 saturated carbocycles. The summed E-state index contributed by atoms with van der Waals surface area (Å²) < 4.78 is 1.13. The van der Waals surface area contributed by atoms with Gasteiger partial charge in [0, 0.05) is 9.30 Å². The number of hydrogen-bond donors (Lipinski definition) is 0. The van der Waals surface area contributed by atoms with Crippen molar-refractivity contribution in [1.29, 1.82) is 0 Å². The molecular weight excluding hydrogens is 388 g/mol. The Bertz CT molecular complexity index is 772. The summed E-state index contributed by atoms with van der Waals surface area (Å²) in [5.74, 6) is 0. The Kier molecular flexibility index (Phi) is 4.46. The van der Waals surface area contributed by atoms with Gasteiger partial charge in [-0.1, -0.05) is 80.4 Å². The quantitative estimate of drug-likeness (QED) is 0.432. The number of hydrogen-bond acceptors (Lipinski definition) is 0. The molecule has 106 valence electrons. The standard InChI is InChI=1S/C19H16Br2/c1-13-11-16(20)9-10-17(13)19(21)12-15-7-4-6-14-5-2-3-8-18(14)15/h2-11,19H,12H2,1H3. The molecule has 0 bridgehead atoms. The lowest BCUT2D eigenvalue weighted by molar-refractivity contribution is 0.945. The molecular formula is C19H16Br2. The maximum Gasteiger partial charge on any atom is 0.0438 e. The van der Waals surface area contributed by atoms with Crippen molar-refractivity contribution in [2.24, 2.45) is 0 Å². The molecule has 2 heteroatoms. The molecule has 0 aliphatic carbocycles. The van der Waals surface area contributed by atoms with E-state index in [0.29, 0.717) is 4.83 Å². The van der Waals surface area contributed by atoms with Gasteiger partial charge in [0.2, 0.25) is 0 Å². The molecule has 0 aliphatic heterocycles. The predicted molar refractivity (Wildman–Crippen MR) is 98.2 cm³/mol. The molecule has 0 fully saturated rings. The van der Waals surface area contributed by atoms with Gasteiger partial charge in [0.15, 0.2) is 0 Å². The summed E-state index contributed by atoms with van der Waals surface area (Å²) in [6, 6.07) is 21.6. The minimum atomic E-state index is 0.330. The summed E-state index contributed by atoms with van der Waals surface area (Å²) in [7, 11) is 0. The lowest BCUT2D eigenvalue weighted by Gasteiger charge is -2.15. The van der Waals surface area contributed by atoms with Crippen molar-refractivity contribution in [1.82, 2.24) is 0 Å². The highest BCUT2D eigenvalue weighted by Gasteiger charge is 2.12. The lowest BCUT2D eigenvalue weighted by atomic mass is 9.97. The van der Waals surface area contributed by atoms with E-state index in [1.807, 2.05) is 0 Å². The predicted octanol–water partition coefficient (Wildman–Crippen LogP) is 6.59. The number of halogens is 2. The number of alkyl halides is 1. The molecule has 0 amide bonds. The average Bonchev–Trinajstić information content (AvgIpc) is 2.47. The Morgan fingerprint density at radius 1 is 0.952 bits per heavy atom. The third-order valence-corrected chi connectivity index (χ3v) is 5.16. The maximum atomic E-state index is 3.87. The van der Waals surface area contributed by atoms with Crippen LogP contribution < -0.4 is 0 Å². The van der Waals surface area contributed by atoms with Crippen LogP contribution in [0.15, 0.2) is 65.1 Å². The minimum absolute atomic E-state index is 0.330. The number of aryl methyl sites for hydroxylation is 1. The number of fused-ring (bicyclic) bond motifs is 1. The van der Waals surface area contributed by atoms with E-state index in [1.165, 1.54) is 27.5 Å². The third-order valence-electron chi connectivity index (χ3n) is 3.85. The first-order valence-electron chi connectivity index (χ1n) is 7.02. The maximum absolute atomic E-state index is 3.87. The SMILES string of the molecule is Cc1cc(Br)ccc1C(Br)Cc1cccc2ccccc12. The van der Waals surface area contributed by atoms with Crippen LogP contribution in [0.25, 0.3) is 10.8 Å². The lowest BCUT2D eigenvalue weighted by Crippen LogP contribution is -1.98. The summed E-state index contributed by atoms with van der Waals surface area (Å²) in [5, 5.41) is 2.65. The molecule has 3 aromatic rings. The van der Waals surface area contributed by atoms with Crippen LogP contribution in [-0.4, -0.2) is 0 Å². The second kappa shape index (κ2) is 6.33. The highest BCUT2D eigenvalue weighted by molar-refractivity contribution is 9.10. The smallest absolute Gasteiger partial charge is 0.0438 e. The second-order valence-electron chi connectivity index (χ2n) is 5.31. The van der Waals surface area contributed by atoms with Crippen molar-refractivity contribution in [3.05, 3.63) is 81.8 Å². The van der Waals surface area contributed by atoms with E-state index < -0.39 is 0 Å². The van der Waals surface area contributed by atoms with Crippen molar-refractivity contribution in [2.45, 2.75) is 18.2 Å². The van der Waals surface area contributed by atoms with Crippen LogP contribution >= 0.6 is 31.9 Å². The molecule has 3 rings (SSSR count). The van der Waals surface area contributed by atoms with Crippen LogP contribution in [0.3, 0.4) is 0 Å². The van der Waals surface area contributed by atoms with Gasteiger partial charge in [0.1, 0.15) is 0 Å². The van der Waals surface area contributed by atoms with Crippen LogP contribution in [0.1, 0.15) is 21.5 Å². The van der Waals surface area contributed by atoms with Gasteiger partial charge < -0.3 is 0 Å². The zero-order valence-corrected chi connectivity index (χ0v) is 15.0. The van der Waals surface area contributed by atoms with E-state index in [2.05, 4.69) is 99.4 Å². The summed E-state index contributed by atoms with van der Waals surface area (Å²) >= 11 is 7.40. The highest BCUT2D eigenvalue weighted by Crippen LogP contribution is 2.33. The van der Waals surface area contributed by atoms with Gasteiger partial charge in [0.05, 0.1) is 0 Å². The topological polar surface area (TPSA) is 0 Å². The molecule has 0 radical (unpaired) electrons. The Hall–Kier alpha value is -1.12. The van der Waals surface area contributed by atoms with Crippen molar-refractivity contribution >= 4 is 42.6 Å². The van der Waals surface area contributed by atoms with E-state index in [0.717, 1.165) is 10.9 Å². The van der Waals surface area contributed by atoms with E-state index in [4.69, 9.17) is 0 Å². The van der Waals surface area contributed by atoms with Crippen LogP contribution in [0, 0.1) is 6.92 Å². The molecule has 3 aromatic carbocycles. The molecule has 0 heterocycles. The molecule has 0 N–H and O–H groups in total. The molecule has 1 atom stereocenters. The second-order valence-corrected chi connectivity index (χ2v) is 7.33. The molecule has 0 saturated heterocycles. The zero-order valence-electron chi connectivity index (χ0n) is 11.8. The summed E-state index contributed by atoms with van der Waals surface area (Å²) in [4.78, 5) is 0.330. The Labute approximate surface area is 142 Å². The molecule has 0 nitrogen and oxygen atoms in total. The van der Waals surface area contributed by atoms with Crippen LogP contribution in [0.4, 0.5) is 0 Å². The first-order valence-corrected chi connectivity index (χ1v) is 8.73. The van der Waals surface area contributed by atoms with Gasteiger partial charge in [0.25, 0.3) is 0 Å². The van der Waals surface area contributed by atoms with Crippen molar-refractivity contribution in [3.63, 3.8) is 0 Å². The molecule has 0 spiro atoms. The number of rotatable bonds is 3. The first-order chi connectivity index (χ1) is 10.1. The Balaban J connectivity index is 1.94. The molecule has 1 unspecified atom stereocenters. The van der Waals surface area contributed by atoms with Crippen molar-refractivity contribution in [3.8, 4) is 0 Å². The number of benzene rings is 3. The fraction of sp³-hybridized carbons (Fsp3) is 0.158. The Morgan fingerprint density at radius 2 is 1.71 bits per heavy atom. The van der Waals surface area contributed by atoms with Gasteiger partial charge in [-0.3, -0.25) is 0 Å².